The van der Waals surface area contributed by atoms with Crippen molar-refractivity contribution in [2.45, 2.75) is 44.9 Å². The summed E-state index contributed by atoms with van der Waals surface area (Å²) in [6.07, 6.45) is 7.93. The molecule has 15 heavy (non-hydrogen) atoms. The Hall–Kier alpha value is -0.860. The van der Waals surface area contributed by atoms with Gasteiger partial charge in [0.1, 0.15) is 0 Å². The van der Waals surface area contributed by atoms with Gasteiger partial charge in [-0.1, -0.05) is 32.1 Å². The van der Waals surface area contributed by atoms with Crippen molar-refractivity contribution in [1.29, 1.82) is 0 Å². The molecule has 1 heterocycles. The van der Waals surface area contributed by atoms with Crippen molar-refractivity contribution in [1.82, 2.24) is 4.90 Å². The van der Waals surface area contributed by atoms with Gasteiger partial charge in [0.2, 0.25) is 5.91 Å². The van der Waals surface area contributed by atoms with Crippen molar-refractivity contribution in [2.75, 3.05) is 13.1 Å². The highest BCUT2D eigenvalue weighted by atomic mass is 16.2. The number of ketones is 1. The molecule has 0 atom stereocenters. The van der Waals surface area contributed by atoms with E-state index in [0.29, 0.717) is 6.54 Å². The van der Waals surface area contributed by atoms with Gasteiger partial charge >= 0.3 is 0 Å². The zero-order valence-electron chi connectivity index (χ0n) is 9.21. The minimum Gasteiger partial charge on any atom is -0.335 e. The quantitative estimate of drug-likeness (QED) is 0.664. The summed E-state index contributed by atoms with van der Waals surface area (Å²) in [5, 5.41) is 0. The van der Waals surface area contributed by atoms with Gasteiger partial charge in [0, 0.05) is 6.54 Å². The maximum atomic E-state index is 11.4. The van der Waals surface area contributed by atoms with Gasteiger partial charge in [0.25, 0.3) is 0 Å². The predicted octanol–water partition coefficient (Wildman–Crippen LogP) is 1.76. The SMILES string of the molecule is O=C1CC(=O)N(CCC2CCCCC2)C1. The van der Waals surface area contributed by atoms with E-state index < -0.39 is 0 Å². The molecule has 3 nitrogen and oxygen atoms in total. The molecule has 0 aromatic heterocycles. The molecule has 1 saturated carbocycles. The number of nitrogens with zero attached hydrogens (tertiary/aromatic N) is 1. The lowest BCUT2D eigenvalue weighted by Crippen LogP contribution is -2.28. The summed E-state index contributed by atoms with van der Waals surface area (Å²) in [4.78, 5) is 24.1. The first-order valence-corrected chi connectivity index (χ1v) is 6.05. The highest BCUT2D eigenvalue weighted by Crippen LogP contribution is 2.26. The van der Waals surface area contributed by atoms with Crippen LogP contribution in [0.2, 0.25) is 0 Å². The molecule has 0 bridgehead atoms. The number of Topliss-reactive ketones (excluding diaryl/α,β-unsaturated/α-hetero) is 1. The van der Waals surface area contributed by atoms with Crippen molar-refractivity contribution in [3.63, 3.8) is 0 Å². The predicted molar refractivity (Wildman–Crippen MR) is 57.4 cm³/mol. The Morgan fingerprint density at radius 3 is 2.47 bits per heavy atom. The average molecular weight is 209 g/mol. The molecule has 0 aromatic rings. The molecule has 0 spiro atoms. The highest BCUT2D eigenvalue weighted by Gasteiger charge is 2.27. The van der Waals surface area contributed by atoms with Crippen LogP contribution >= 0.6 is 0 Å². The van der Waals surface area contributed by atoms with Crippen LogP contribution in [0.4, 0.5) is 0 Å². The normalized spacial score (nSPS) is 23.9. The van der Waals surface area contributed by atoms with E-state index in [9.17, 15) is 9.59 Å². The van der Waals surface area contributed by atoms with Gasteiger partial charge in [-0.2, -0.15) is 0 Å². The molecule has 0 unspecified atom stereocenters. The van der Waals surface area contributed by atoms with E-state index >= 15 is 0 Å². The van der Waals surface area contributed by atoms with Gasteiger partial charge in [0.05, 0.1) is 13.0 Å². The highest BCUT2D eigenvalue weighted by molar-refractivity contribution is 6.05. The first kappa shape index (κ1) is 10.7. The van der Waals surface area contributed by atoms with E-state index in [1.54, 1.807) is 4.90 Å². The fourth-order valence-corrected chi connectivity index (χ4v) is 2.66. The summed E-state index contributed by atoms with van der Waals surface area (Å²) in [7, 11) is 0. The Balaban J connectivity index is 1.73. The van der Waals surface area contributed by atoms with E-state index in [2.05, 4.69) is 0 Å². The third kappa shape index (κ3) is 2.80. The molecular formula is C12H19NO2. The lowest BCUT2D eigenvalue weighted by molar-refractivity contribution is -0.128. The Labute approximate surface area is 90.8 Å². The fourth-order valence-electron chi connectivity index (χ4n) is 2.66. The van der Waals surface area contributed by atoms with Crippen LogP contribution in [0.5, 0.6) is 0 Å². The largest absolute Gasteiger partial charge is 0.335 e. The smallest absolute Gasteiger partial charge is 0.230 e. The van der Waals surface area contributed by atoms with Crippen LogP contribution in [-0.2, 0) is 9.59 Å². The summed E-state index contributed by atoms with van der Waals surface area (Å²) >= 11 is 0. The minimum absolute atomic E-state index is 0.0378. The van der Waals surface area contributed by atoms with Crippen LogP contribution in [0, 0.1) is 5.92 Å². The number of rotatable bonds is 3. The summed E-state index contributed by atoms with van der Waals surface area (Å²) in [6.45, 7) is 1.17. The number of likely N-dealkylation sites (tertiary alicyclic amines) is 1. The number of hydrogen-bond acceptors (Lipinski definition) is 2. The molecule has 2 rings (SSSR count). The molecule has 0 radical (unpaired) electrons. The molecule has 1 saturated heterocycles. The number of carbonyl (C=O) groups excluding carboxylic acids is 2. The van der Waals surface area contributed by atoms with E-state index in [1.165, 1.54) is 32.1 Å². The molecule has 1 aliphatic carbocycles. The average Bonchev–Trinajstić information content (AvgIpc) is 2.56. The maximum Gasteiger partial charge on any atom is 0.230 e. The number of carbonyl (C=O) groups is 2. The van der Waals surface area contributed by atoms with Gasteiger partial charge in [0.15, 0.2) is 5.78 Å². The van der Waals surface area contributed by atoms with Gasteiger partial charge in [-0.25, -0.2) is 0 Å². The Morgan fingerprint density at radius 1 is 1.13 bits per heavy atom. The van der Waals surface area contributed by atoms with Gasteiger partial charge in [-0.05, 0) is 12.3 Å². The van der Waals surface area contributed by atoms with E-state index in [1.807, 2.05) is 0 Å². The Bertz CT molecular complexity index is 256. The van der Waals surface area contributed by atoms with Gasteiger partial charge in [-0.3, -0.25) is 9.59 Å². The van der Waals surface area contributed by atoms with Crippen molar-refractivity contribution < 1.29 is 9.59 Å². The lowest BCUT2D eigenvalue weighted by atomic mass is 9.87. The summed E-state index contributed by atoms with van der Waals surface area (Å²) in [5.74, 6) is 0.918. The van der Waals surface area contributed by atoms with Crippen LogP contribution in [0.25, 0.3) is 0 Å². The molecule has 2 fully saturated rings. The number of amides is 1. The standard InChI is InChI=1S/C12H19NO2/c14-11-8-12(15)13(9-11)7-6-10-4-2-1-3-5-10/h10H,1-9H2. The molecule has 0 aromatic carbocycles. The maximum absolute atomic E-state index is 11.4. The van der Waals surface area contributed by atoms with Crippen LogP contribution in [0.1, 0.15) is 44.9 Å². The topological polar surface area (TPSA) is 37.4 Å². The molecule has 0 N–H and O–H groups in total. The van der Waals surface area contributed by atoms with Crippen molar-refractivity contribution in [2.24, 2.45) is 5.92 Å². The van der Waals surface area contributed by atoms with Gasteiger partial charge < -0.3 is 4.90 Å². The monoisotopic (exact) mass is 209 g/mol. The van der Waals surface area contributed by atoms with Crippen molar-refractivity contribution >= 4 is 11.7 Å². The minimum atomic E-state index is 0.0378. The fraction of sp³-hybridized carbons (Fsp3) is 0.833. The zero-order valence-corrected chi connectivity index (χ0v) is 9.21. The number of hydrogen-bond donors (Lipinski definition) is 0. The molecule has 1 amide bonds. The van der Waals surface area contributed by atoms with Crippen LogP contribution in [-0.4, -0.2) is 29.7 Å². The lowest BCUT2D eigenvalue weighted by Gasteiger charge is -2.23. The van der Waals surface area contributed by atoms with Crippen LogP contribution in [0.3, 0.4) is 0 Å². The second-order valence-electron chi connectivity index (χ2n) is 4.82. The molecule has 3 heteroatoms. The van der Waals surface area contributed by atoms with E-state index in [0.717, 1.165) is 18.9 Å². The summed E-state index contributed by atoms with van der Waals surface area (Å²) in [5.41, 5.74) is 0. The third-order valence-corrected chi connectivity index (χ3v) is 3.60. The van der Waals surface area contributed by atoms with Gasteiger partial charge in [-0.15, -0.1) is 0 Å². The first-order chi connectivity index (χ1) is 7.25. The van der Waals surface area contributed by atoms with Crippen molar-refractivity contribution in [3.05, 3.63) is 0 Å². The second kappa shape index (κ2) is 4.77. The Morgan fingerprint density at radius 2 is 1.87 bits per heavy atom. The Kier molecular flexibility index (Phi) is 3.39. The van der Waals surface area contributed by atoms with Crippen LogP contribution in [0.15, 0.2) is 0 Å². The summed E-state index contributed by atoms with van der Waals surface area (Å²) in [6, 6.07) is 0. The first-order valence-electron chi connectivity index (χ1n) is 6.05. The van der Waals surface area contributed by atoms with Crippen molar-refractivity contribution in [3.8, 4) is 0 Å². The molecule has 84 valence electrons. The second-order valence-corrected chi connectivity index (χ2v) is 4.82. The van der Waals surface area contributed by atoms with E-state index in [4.69, 9.17) is 0 Å². The molecule has 2 aliphatic rings. The molecular weight excluding hydrogens is 190 g/mol. The van der Waals surface area contributed by atoms with Crippen LogP contribution < -0.4 is 0 Å². The summed E-state index contributed by atoms with van der Waals surface area (Å²) < 4.78 is 0. The third-order valence-electron chi connectivity index (χ3n) is 3.60. The van der Waals surface area contributed by atoms with E-state index in [-0.39, 0.29) is 18.1 Å². The zero-order chi connectivity index (χ0) is 10.7. The molecule has 1 aliphatic heterocycles.